The smallest absolute Gasteiger partial charge is 0.227 e. The molecule has 1 aromatic carbocycles. The Hall–Kier alpha value is -2.36. The second-order valence-corrected chi connectivity index (χ2v) is 3.63. The predicted octanol–water partition coefficient (Wildman–Crippen LogP) is 2.58. The van der Waals surface area contributed by atoms with Gasteiger partial charge in [0, 0.05) is 5.56 Å². The van der Waals surface area contributed by atoms with Gasteiger partial charge in [0.1, 0.15) is 0 Å². The Kier molecular flexibility index (Phi) is 3.57. The van der Waals surface area contributed by atoms with E-state index in [1.807, 2.05) is 30.3 Å². The van der Waals surface area contributed by atoms with Crippen LogP contribution in [0.15, 0.2) is 36.4 Å². The lowest BCUT2D eigenvalue weighted by Crippen LogP contribution is -1.99. The van der Waals surface area contributed by atoms with Gasteiger partial charge in [0.15, 0.2) is 6.29 Å². The average Bonchev–Trinajstić information content (AvgIpc) is 2.46. The van der Waals surface area contributed by atoms with E-state index in [9.17, 15) is 4.79 Å². The molecule has 2 aromatic rings. The first-order chi connectivity index (χ1) is 8.80. The Bertz CT molecular complexity index is 552. The van der Waals surface area contributed by atoms with E-state index in [0.717, 1.165) is 17.4 Å². The maximum atomic E-state index is 11.0. The van der Waals surface area contributed by atoms with E-state index in [1.54, 1.807) is 6.07 Å². The summed E-state index contributed by atoms with van der Waals surface area (Å²) in [7, 11) is 3.01. The minimum atomic E-state index is 0.265. The molecule has 1 aromatic heterocycles. The fraction of sp³-hybridized carbons (Fsp3) is 0.143. The molecule has 0 bridgehead atoms. The molecule has 18 heavy (non-hydrogen) atoms. The summed E-state index contributed by atoms with van der Waals surface area (Å²) in [6.45, 7) is 0. The summed E-state index contributed by atoms with van der Waals surface area (Å²) >= 11 is 0. The molecule has 0 saturated heterocycles. The van der Waals surface area contributed by atoms with Crippen molar-refractivity contribution in [3.05, 3.63) is 42.0 Å². The summed E-state index contributed by atoms with van der Waals surface area (Å²) in [5.41, 5.74) is 2.10. The first-order valence-electron chi connectivity index (χ1n) is 5.43. The average molecular weight is 243 g/mol. The number of ether oxygens (including phenoxy) is 2. The minimum Gasteiger partial charge on any atom is -0.480 e. The number of carbonyl (C=O) groups excluding carboxylic acids is 1. The van der Waals surface area contributed by atoms with Crippen molar-refractivity contribution < 1.29 is 14.3 Å². The number of hydrogen-bond acceptors (Lipinski definition) is 4. The molecular weight excluding hydrogens is 230 g/mol. The third kappa shape index (κ3) is 2.18. The van der Waals surface area contributed by atoms with E-state index in [4.69, 9.17) is 9.47 Å². The largest absolute Gasteiger partial charge is 0.480 e. The van der Waals surface area contributed by atoms with Crippen molar-refractivity contribution in [2.75, 3.05) is 14.2 Å². The molecule has 0 radical (unpaired) electrons. The molecule has 0 aliphatic heterocycles. The summed E-state index contributed by atoms with van der Waals surface area (Å²) in [4.78, 5) is 15.2. The molecule has 0 aliphatic rings. The van der Waals surface area contributed by atoms with E-state index in [1.165, 1.54) is 14.2 Å². The lowest BCUT2D eigenvalue weighted by molar-refractivity contribution is 0.112. The van der Waals surface area contributed by atoms with Crippen molar-refractivity contribution in [2.24, 2.45) is 0 Å². The van der Waals surface area contributed by atoms with Crippen molar-refractivity contribution in [1.29, 1.82) is 0 Å². The van der Waals surface area contributed by atoms with Crippen molar-refractivity contribution in [3.8, 4) is 22.9 Å². The van der Waals surface area contributed by atoms with Crippen LogP contribution in [0, 0.1) is 0 Å². The summed E-state index contributed by atoms with van der Waals surface area (Å²) < 4.78 is 10.3. The van der Waals surface area contributed by atoms with Crippen LogP contribution in [0.5, 0.6) is 11.8 Å². The normalized spacial score (nSPS) is 9.89. The van der Waals surface area contributed by atoms with Crippen LogP contribution >= 0.6 is 0 Å². The van der Waals surface area contributed by atoms with Gasteiger partial charge in [-0.2, -0.15) is 4.98 Å². The molecule has 0 spiro atoms. The molecule has 1 heterocycles. The quantitative estimate of drug-likeness (QED) is 0.774. The van der Waals surface area contributed by atoms with Crippen LogP contribution in [0.1, 0.15) is 10.4 Å². The van der Waals surface area contributed by atoms with E-state index in [0.29, 0.717) is 11.4 Å². The second-order valence-electron chi connectivity index (χ2n) is 3.63. The van der Waals surface area contributed by atoms with Crippen molar-refractivity contribution in [1.82, 2.24) is 4.98 Å². The number of benzene rings is 1. The van der Waals surface area contributed by atoms with Crippen LogP contribution in [-0.4, -0.2) is 25.5 Å². The minimum absolute atomic E-state index is 0.265. The van der Waals surface area contributed by atoms with Crippen LogP contribution in [0.2, 0.25) is 0 Å². The Balaban J connectivity index is 2.63. The first kappa shape index (κ1) is 12.1. The molecular formula is C14H13NO3. The molecule has 2 rings (SSSR count). The molecule has 4 heteroatoms. The van der Waals surface area contributed by atoms with Gasteiger partial charge in [-0.05, 0) is 11.6 Å². The van der Waals surface area contributed by atoms with E-state index in [2.05, 4.69) is 4.98 Å². The van der Waals surface area contributed by atoms with Crippen LogP contribution in [-0.2, 0) is 0 Å². The molecule has 0 atom stereocenters. The SMILES string of the molecule is COc1nc(OC)c(-c2ccccc2)cc1C=O. The van der Waals surface area contributed by atoms with Gasteiger partial charge in [0.05, 0.1) is 19.8 Å². The molecule has 0 aliphatic carbocycles. The molecule has 0 N–H and O–H groups in total. The van der Waals surface area contributed by atoms with Gasteiger partial charge in [-0.25, -0.2) is 0 Å². The predicted molar refractivity (Wildman–Crippen MR) is 68.2 cm³/mol. The maximum Gasteiger partial charge on any atom is 0.227 e. The highest BCUT2D eigenvalue weighted by molar-refractivity contribution is 5.83. The zero-order chi connectivity index (χ0) is 13.0. The summed E-state index contributed by atoms with van der Waals surface area (Å²) in [5, 5.41) is 0. The van der Waals surface area contributed by atoms with Gasteiger partial charge in [0.2, 0.25) is 11.8 Å². The topological polar surface area (TPSA) is 48.4 Å². The van der Waals surface area contributed by atoms with Crippen molar-refractivity contribution >= 4 is 6.29 Å². The second kappa shape index (κ2) is 5.31. The Morgan fingerprint density at radius 2 is 1.72 bits per heavy atom. The molecule has 4 nitrogen and oxygen atoms in total. The van der Waals surface area contributed by atoms with E-state index >= 15 is 0 Å². The summed E-state index contributed by atoms with van der Waals surface area (Å²) in [6, 6.07) is 11.3. The molecule has 0 fully saturated rings. The number of rotatable bonds is 4. The number of hydrogen-bond donors (Lipinski definition) is 0. The zero-order valence-corrected chi connectivity index (χ0v) is 10.2. The highest BCUT2D eigenvalue weighted by atomic mass is 16.5. The van der Waals surface area contributed by atoms with Crippen molar-refractivity contribution in [3.63, 3.8) is 0 Å². The third-order valence-electron chi connectivity index (χ3n) is 2.58. The standard InChI is InChI=1S/C14H13NO3/c1-17-13-11(9-16)8-12(14(15-13)18-2)10-6-4-3-5-7-10/h3-9H,1-2H3. The molecule has 92 valence electrons. The van der Waals surface area contributed by atoms with Gasteiger partial charge in [-0.1, -0.05) is 30.3 Å². The fourth-order valence-electron chi connectivity index (χ4n) is 1.72. The van der Waals surface area contributed by atoms with Gasteiger partial charge in [0.25, 0.3) is 0 Å². The Labute approximate surface area is 105 Å². The Morgan fingerprint density at radius 3 is 2.28 bits per heavy atom. The number of pyridine rings is 1. The highest BCUT2D eigenvalue weighted by Crippen LogP contribution is 2.32. The van der Waals surface area contributed by atoms with Crippen molar-refractivity contribution in [2.45, 2.75) is 0 Å². The summed E-state index contributed by atoms with van der Waals surface area (Å²) in [6.07, 6.45) is 0.720. The monoisotopic (exact) mass is 243 g/mol. The number of aldehydes is 1. The maximum absolute atomic E-state index is 11.0. The van der Waals surface area contributed by atoms with Gasteiger partial charge < -0.3 is 9.47 Å². The number of nitrogens with zero attached hydrogens (tertiary/aromatic N) is 1. The lowest BCUT2D eigenvalue weighted by atomic mass is 10.1. The highest BCUT2D eigenvalue weighted by Gasteiger charge is 2.13. The van der Waals surface area contributed by atoms with Gasteiger partial charge >= 0.3 is 0 Å². The first-order valence-corrected chi connectivity index (χ1v) is 5.43. The van der Waals surface area contributed by atoms with Crippen LogP contribution in [0.25, 0.3) is 11.1 Å². The number of carbonyl (C=O) groups is 1. The Morgan fingerprint density at radius 1 is 1.06 bits per heavy atom. The molecule has 0 saturated carbocycles. The van der Waals surface area contributed by atoms with Crippen LogP contribution < -0.4 is 9.47 Å². The number of aromatic nitrogens is 1. The van der Waals surface area contributed by atoms with Crippen LogP contribution in [0.4, 0.5) is 0 Å². The third-order valence-corrected chi connectivity index (χ3v) is 2.58. The molecule has 0 amide bonds. The van der Waals surface area contributed by atoms with Gasteiger partial charge in [-0.15, -0.1) is 0 Å². The zero-order valence-electron chi connectivity index (χ0n) is 10.2. The van der Waals surface area contributed by atoms with E-state index in [-0.39, 0.29) is 5.88 Å². The van der Waals surface area contributed by atoms with Gasteiger partial charge in [-0.3, -0.25) is 4.79 Å². The number of methoxy groups -OCH3 is 2. The van der Waals surface area contributed by atoms with E-state index < -0.39 is 0 Å². The lowest BCUT2D eigenvalue weighted by Gasteiger charge is -2.11. The fourth-order valence-corrected chi connectivity index (χ4v) is 1.72. The summed E-state index contributed by atoms with van der Waals surface area (Å²) in [5.74, 6) is 0.699. The van der Waals surface area contributed by atoms with Crippen LogP contribution in [0.3, 0.4) is 0 Å². The molecule has 0 unspecified atom stereocenters.